The average Bonchev–Trinajstić information content (AvgIpc) is 2.33. The Bertz CT molecular complexity index is 396. The summed E-state index contributed by atoms with van der Waals surface area (Å²) in [6, 6.07) is 6.99. The van der Waals surface area contributed by atoms with Gasteiger partial charge in [0.1, 0.15) is 5.75 Å². The first-order chi connectivity index (χ1) is 9.40. The Balaban J connectivity index is 2.30. The van der Waals surface area contributed by atoms with Crippen LogP contribution < -0.4 is 10.5 Å². The minimum absolute atomic E-state index is 0.371. The number of ether oxygens (including phenoxy) is 1. The van der Waals surface area contributed by atoms with Crippen LogP contribution in [0.5, 0.6) is 5.75 Å². The van der Waals surface area contributed by atoms with E-state index in [4.69, 9.17) is 10.5 Å². The van der Waals surface area contributed by atoms with E-state index in [1.807, 2.05) is 6.92 Å². The standard InChI is InChI=1S/C14H21F3N2O/c1-2-7-19(11-14(15,16)17)8-4-9-20-13-6-3-5-12(18)10-13/h3,5-6,10H,2,4,7-9,11,18H2,1H3. The molecule has 0 aliphatic heterocycles. The number of halogens is 3. The molecule has 114 valence electrons. The summed E-state index contributed by atoms with van der Waals surface area (Å²) in [5.41, 5.74) is 6.21. The van der Waals surface area contributed by atoms with Crippen LogP contribution in [0.25, 0.3) is 0 Å². The molecule has 0 spiro atoms. The fourth-order valence-electron chi connectivity index (χ4n) is 1.92. The van der Waals surface area contributed by atoms with Crippen LogP contribution in [0.2, 0.25) is 0 Å². The molecular formula is C14H21F3N2O. The lowest BCUT2D eigenvalue weighted by Gasteiger charge is -2.22. The Morgan fingerprint density at radius 3 is 2.60 bits per heavy atom. The highest BCUT2D eigenvalue weighted by Gasteiger charge is 2.29. The maximum atomic E-state index is 12.4. The van der Waals surface area contributed by atoms with Crippen LogP contribution in [-0.4, -0.2) is 37.3 Å². The Hall–Kier alpha value is -1.43. The number of hydrogen-bond donors (Lipinski definition) is 1. The van der Waals surface area contributed by atoms with Gasteiger partial charge in [-0.2, -0.15) is 13.2 Å². The molecule has 0 bridgehead atoms. The Labute approximate surface area is 117 Å². The van der Waals surface area contributed by atoms with E-state index in [9.17, 15) is 13.2 Å². The molecule has 3 nitrogen and oxygen atoms in total. The summed E-state index contributed by atoms with van der Waals surface area (Å²) in [7, 11) is 0. The van der Waals surface area contributed by atoms with Gasteiger partial charge in [-0.3, -0.25) is 4.90 Å². The molecule has 0 aliphatic carbocycles. The largest absolute Gasteiger partial charge is 0.493 e. The first-order valence-electron chi connectivity index (χ1n) is 6.68. The van der Waals surface area contributed by atoms with Crippen molar-refractivity contribution in [3.05, 3.63) is 24.3 Å². The van der Waals surface area contributed by atoms with Crippen LogP contribution in [0.15, 0.2) is 24.3 Å². The van der Waals surface area contributed by atoms with E-state index in [1.54, 1.807) is 24.3 Å². The van der Waals surface area contributed by atoms with Crippen LogP contribution in [0.3, 0.4) is 0 Å². The van der Waals surface area contributed by atoms with Crippen molar-refractivity contribution in [1.82, 2.24) is 4.90 Å². The van der Waals surface area contributed by atoms with Gasteiger partial charge in [-0.25, -0.2) is 0 Å². The summed E-state index contributed by atoms with van der Waals surface area (Å²) in [6.45, 7) is 2.20. The van der Waals surface area contributed by atoms with Crippen molar-refractivity contribution in [3.8, 4) is 5.75 Å². The molecule has 0 amide bonds. The number of nitrogens with two attached hydrogens (primary N) is 1. The van der Waals surface area contributed by atoms with Gasteiger partial charge >= 0.3 is 6.18 Å². The molecule has 1 aromatic carbocycles. The highest BCUT2D eigenvalue weighted by Crippen LogP contribution is 2.17. The van der Waals surface area contributed by atoms with Crippen molar-refractivity contribution >= 4 is 5.69 Å². The minimum Gasteiger partial charge on any atom is -0.493 e. The van der Waals surface area contributed by atoms with Crippen LogP contribution in [0.1, 0.15) is 19.8 Å². The van der Waals surface area contributed by atoms with Crippen molar-refractivity contribution < 1.29 is 17.9 Å². The molecule has 0 fully saturated rings. The van der Waals surface area contributed by atoms with Crippen molar-refractivity contribution in [3.63, 3.8) is 0 Å². The lowest BCUT2D eigenvalue weighted by atomic mass is 10.3. The Morgan fingerprint density at radius 1 is 1.25 bits per heavy atom. The fourth-order valence-corrected chi connectivity index (χ4v) is 1.92. The minimum atomic E-state index is -4.15. The molecule has 6 heteroatoms. The highest BCUT2D eigenvalue weighted by molar-refractivity contribution is 5.43. The normalized spacial score (nSPS) is 11.8. The summed E-state index contributed by atoms with van der Waals surface area (Å²) in [5.74, 6) is 0.642. The summed E-state index contributed by atoms with van der Waals surface area (Å²) < 4.78 is 42.5. The molecule has 0 heterocycles. The number of anilines is 1. The molecule has 0 saturated carbocycles. The second kappa shape index (κ2) is 7.99. The van der Waals surface area contributed by atoms with E-state index in [1.165, 1.54) is 4.90 Å². The highest BCUT2D eigenvalue weighted by atomic mass is 19.4. The van der Waals surface area contributed by atoms with Crippen LogP contribution >= 0.6 is 0 Å². The van der Waals surface area contributed by atoms with Gasteiger partial charge in [-0.1, -0.05) is 13.0 Å². The first-order valence-corrected chi connectivity index (χ1v) is 6.68. The number of alkyl halides is 3. The summed E-state index contributed by atoms with van der Waals surface area (Å²) >= 11 is 0. The fraction of sp³-hybridized carbons (Fsp3) is 0.571. The van der Waals surface area contributed by atoms with Crippen molar-refractivity contribution in [2.24, 2.45) is 0 Å². The Morgan fingerprint density at radius 2 is 2.00 bits per heavy atom. The predicted octanol–water partition coefficient (Wildman–Crippen LogP) is 3.31. The second-order valence-corrected chi connectivity index (χ2v) is 4.67. The smallest absolute Gasteiger partial charge is 0.401 e. The molecule has 0 atom stereocenters. The van der Waals surface area contributed by atoms with Crippen molar-refractivity contribution in [2.75, 3.05) is 32.0 Å². The van der Waals surface area contributed by atoms with Gasteiger partial charge in [-0.15, -0.1) is 0 Å². The molecule has 1 aromatic rings. The zero-order valence-corrected chi connectivity index (χ0v) is 11.6. The molecule has 0 radical (unpaired) electrons. The summed E-state index contributed by atoms with van der Waals surface area (Å²) in [6.07, 6.45) is -2.90. The van der Waals surface area contributed by atoms with E-state index in [-0.39, 0.29) is 0 Å². The van der Waals surface area contributed by atoms with Gasteiger partial charge < -0.3 is 10.5 Å². The van der Waals surface area contributed by atoms with Gasteiger partial charge in [0.25, 0.3) is 0 Å². The lowest BCUT2D eigenvalue weighted by Crippen LogP contribution is -2.36. The van der Waals surface area contributed by atoms with Crippen LogP contribution in [0, 0.1) is 0 Å². The Kier molecular flexibility index (Phi) is 6.64. The van der Waals surface area contributed by atoms with E-state index in [2.05, 4.69) is 0 Å². The topological polar surface area (TPSA) is 38.5 Å². The third-order valence-corrected chi connectivity index (χ3v) is 2.69. The molecule has 0 aliphatic rings. The van der Waals surface area contributed by atoms with Crippen LogP contribution in [-0.2, 0) is 0 Å². The molecule has 1 rings (SSSR count). The number of nitrogen functional groups attached to an aromatic ring is 1. The van der Waals surface area contributed by atoms with Gasteiger partial charge in [0, 0.05) is 18.3 Å². The van der Waals surface area contributed by atoms with E-state index in [0.717, 1.165) is 0 Å². The average molecular weight is 290 g/mol. The van der Waals surface area contributed by atoms with Gasteiger partial charge in [0.15, 0.2) is 0 Å². The number of rotatable bonds is 8. The van der Waals surface area contributed by atoms with Crippen molar-refractivity contribution in [1.29, 1.82) is 0 Å². The second-order valence-electron chi connectivity index (χ2n) is 4.67. The van der Waals surface area contributed by atoms with Crippen LogP contribution in [0.4, 0.5) is 18.9 Å². The van der Waals surface area contributed by atoms with Gasteiger partial charge in [0.05, 0.1) is 13.2 Å². The lowest BCUT2D eigenvalue weighted by molar-refractivity contribution is -0.146. The molecule has 0 unspecified atom stereocenters. The predicted molar refractivity (Wildman–Crippen MR) is 73.8 cm³/mol. The zero-order valence-electron chi connectivity index (χ0n) is 11.6. The SMILES string of the molecule is CCCN(CCCOc1cccc(N)c1)CC(F)(F)F. The quantitative estimate of drug-likeness (QED) is 0.589. The third kappa shape index (κ3) is 7.23. The zero-order chi connectivity index (χ0) is 15.0. The van der Waals surface area contributed by atoms with E-state index >= 15 is 0 Å². The van der Waals surface area contributed by atoms with Crippen molar-refractivity contribution in [2.45, 2.75) is 25.9 Å². The molecule has 0 saturated heterocycles. The summed E-state index contributed by atoms with van der Waals surface area (Å²) in [4.78, 5) is 1.41. The van der Waals surface area contributed by atoms with Gasteiger partial charge in [-0.05, 0) is 31.5 Å². The summed E-state index contributed by atoms with van der Waals surface area (Å²) in [5, 5.41) is 0. The number of benzene rings is 1. The maximum absolute atomic E-state index is 12.4. The number of hydrogen-bond acceptors (Lipinski definition) is 3. The third-order valence-electron chi connectivity index (χ3n) is 2.69. The molecule has 0 aromatic heterocycles. The molecule has 2 N–H and O–H groups in total. The molecular weight excluding hydrogens is 269 g/mol. The first kappa shape index (κ1) is 16.6. The van der Waals surface area contributed by atoms with E-state index in [0.29, 0.717) is 44.0 Å². The van der Waals surface area contributed by atoms with Gasteiger partial charge in [0.2, 0.25) is 0 Å². The number of nitrogens with zero attached hydrogens (tertiary/aromatic N) is 1. The monoisotopic (exact) mass is 290 g/mol. The molecule has 20 heavy (non-hydrogen) atoms. The van der Waals surface area contributed by atoms with E-state index < -0.39 is 12.7 Å². The maximum Gasteiger partial charge on any atom is 0.401 e.